The fraction of sp³-hybridized carbons (Fsp3) is 0.750. The predicted octanol–water partition coefficient (Wildman–Crippen LogP) is 2.08. The quantitative estimate of drug-likeness (QED) is 0.710. The molecule has 0 radical (unpaired) electrons. The Hall–Kier alpha value is -1.39. The summed E-state index contributed by atoms with van der Waals surface area (Å²) in [6, 6.07) is 0. The molecule has 1 unspecified atom stereocenters. The standard InChI is InChI=1S/C12H18N2O3/c1-3-9(12(15)16-4-2)11-13-10(14-17-11)7-8-5-6-8/h8-9H,3-7H2,1-2H3. The van der Waals surface area contributed by atoms with Crippen LogP contribution in [0.2, 0.25) is 0 Å². The topological polar surface area (TPSA) is 65.2 Å². The first kappa shape index (κ1) is 12.1. The van der Waals surface area contributed by atoms with Gasteiger partial charge in [0.1, 0.15) is 5.92 Å². The van der Waals surface area contributed by atoms with E-state index in [9.17, 15) is 4.79 Å². The molecule has 1 aliphatic carbocycles. The molecule has 0 aromatic carbocycles. The number of ether oxygens (including phenoxy) is 1. The largest absolute Gasteiger partial charge is 0.465 e. The SMILES string of the molecule is CCOC(=O)C(CC)c1nc(CC2CC2)no1. The first-order chi connectivity index (χ1) is 8.24. The molecule has 0 spiro atoms. The van der Waals surface area contributed by atoms with Crippen LogP contribution in [0.5, 0.6) is 0 Å². The van der Waals surface area contributed by atoms with E-state index in [4.69, 9.17) is 9.26 Å². The lowest BCUT2D eigenvalue weighted by Gasteiger charge is -2.08. The van der Waals surface area contributed by atoms with Gasteiger partial charge in [0.2, 0.25) is 5.89 Å². The van der Waals surface area contributed by atoms with Gasteiger partial charge in [-0.3, -0.25) is 4.79 Å². The smallest absolute Gasteiger partial charge is 0.318 e. The van der Waals surface area contributed by atoms with Gasteiger partial charge in [-0.05, 0) is 32.1 Å². The second kappa shape index (κ2) is 5.29. The van der Waals surface area contributed by atoms with Crippen LogP contribution in [0.1, 0.15) is 50.7 Å². The van der Waals surface area contributed by atoms with Gasteiger partial charge in [0.25, 0.3) is 0 Å². The van der Waals surface area contributed by atoms with Crippen molar-refractivity contribution in [3.63, 3.8) is 0 Å². The van der Waals surface area contributed by atoms with Crippen LogP contribution >= 0.6 is 0 Å². The molecule has 1 atom stereocenters. The highest BCUT2D eigenvalue weighted by Gasteiger charge is 2.28. The number of carbonyl (C=O) groups is 1. The normalized spacial score (nSPS) is 16.8. The Bertz CT molecular complexity index is 385. The Morgan fingerprint density at radius 3 is 2.88 bits per heavy atom. The molecule has 0 N–H and O–H groups in total. The van der Waals surface area contributed by atoms with Crippen molar-refractivity contribution in [2.45, 2.75) is 45.4 Å². The van der Waals surface area contributed by atoms with Gasteiger partial charge in [0.05, 0.1) is 6.61 Å². The number of rotatable bonds is 6. The number of hydrogen-bond acceptors (Lipinski definition) is 5. The molecule has 1 aromatic rings. The van der Waals surface area contributed by atoms with Gasteiger partial charge in [-0.2, -0.15) is 4.98 Å². The van der Waals surface area contributed by atoms with Gasteiger partial charge >= 0.3 is 5.97 Å². The zero-order valence-electron chi connectivity index (χ0n) is 10.3. The van der Waals surface area contributed by atoms with Gasteiger partial charge in [0.15, 0.2) is 5.82 Å². The van der Waals surface area contributed by atoms with Crippen molar-refractivity contribution < 1.29 is 14.1 Å². The molecule has 5 nitrogen and oxygen atoms in total. The van der Waals surface area contributed by atoms with Crippen LogP contribution in [0, 0.1) is 5.92 Å². The number of aromatic nitrogens is 2. The van der Waals surface area contributed by atoms with Gasteiger partial charge in [0, 0.05) is 6.42 Å². The van der Waals surface area contributed by atoms with Crippen molar-refractivity contribution in [3.05, 3.63) is 11.7 Å². The fourth-order valence-corrected chi connectivity index (χ4v) is 1.76. The van der Waals surface area contributed by atoms with Crippen LogP contribution in [0.4, 0.5) is 0 Å². The van der Waals surface area contributed by atoms with Gasteiger partial charge < -0.3 is 9.26 Å². The molecular weight excluding hydrogens is 220 g/mol. The molecule has 0 aliphatic heterocycles. The van der Waals surface area contributed by atoms with Crippen LogP contribution < -0.4 is 0 Å². The molecule has 2 rings (SSSR count). The van der Waals surface area contributed by atoms with Crippen molar-refractivity contribution in [2.75, 3.05) is 6.61 Å². The first-order valence-electron chi connectivity index (χ1n) is 6.23. The maximum absolute atomic E-state index is 11.7. The zero-order valence-corrected chi connectivity index (χ0v) is 10.3. The molecule has 5 heteroatoms. The molecule has 1 aliphatic rings. The fourth-order valence-electron chi connectivity index (χ4n) is 1.76. The molecule has 0 saturated heterocycles. The average Bonchev–Trinajstić information content (AvgIpc) is 2.99. The van der Waals surface area contributed by atoms with Gasteiger partial charge in [-0.1, -0.05) is 12.1 Å². The number of carbonyl (C=O) groups excluding carboxylic acids is 1. The molecule has 1 fully saturated rings. The van der Waals surface area contributed by atoms with Crippen molar-refractivity contribution in [1.82, 2.24) is 10.1 Å². The van der Waals surface area contributed by atoms with E-state index in [2.05, 4.69) is 10.1 Å². The monoisotopic (exact) mass is 238 g/mol. The Kier molecular flexibility index (Phi) is 3.76. The van der Waals surface area contributed by atoms with E-state index < -0.39 is 5.92 Å². The minimum atomic E-state index is -0.421. The summed E-state index contributed by atoms with van der Waals surface area (Å²) in [6.45, 7) is 4.07. The third-order valence-corrected chi connectivity index (χ3v) is 2.93. The summed E-state index contributed by atoms with van der Waals surface area (Å²) in [5.41, 5.74) is 0. The lowest BCUT2D eigenvalue weighted by Crippen LogP contribution is -2.15. The van der Waals surface area contributed by atoms with E-state index in [1.165, 1.54) is 12.8 Å². The minimum absolute atomic E-state index is 0.281. The highest BCUT2D eigenvalue weighted by molar-refractivity contribution is 5.76. The summed E-state index contributed by atoms with van der Waals surface area (Å²) in [6.07, 6.45) is 3.98. The lowest BCUT2D eigenvalue weighted by atomic mass is 10.1. The third kappa shape index (κ3) is 3.05. The minimum Gasteiger partial charge on any atom is -0.465 e. The molecule has 17 heavy (non-hydrogen) atoms. The summed E-state index contributed by atoms with van der Waals surface area (Å²) in [5, 5.41) is 3.91. The first-order valence-corrected chi connectivity index (χ1v) is 6.23. The molecule has 1 aromatic heterocycles. The van der Waals surface area contributed by atoms with Gasteiger partial charge in [-0.25, -0.2) is 0 Å². The zero-order chi connectivity index (χ0) is 12.3. The highest BCUT2D eigenvalue weighted by atomic mass is 16.5. The summed E-state index contributed by atoms with van der Waals surface area (Å²) < 4.78 is 10.1. The number of nitrogens with zero attached hydrogens (tertiary/aromatic N) is 2. The van der Waals surface area contributed by atoms with Gasteiger partial charge in [-0.15, -0.1) is 0 Å². The van der Waals surface area contributed by atoms with Crippen molar-refractivity contribution >= 4 is 5.97 Å². The van der Waals surface area contributed by atoms with Crippen LogP contribution in [0.25, 0.3) is 0 Å². The van der Waals surface area contributed by atoms with Crippen molar-refractivity contribution in [2.24, 2.45) is 5.92 Å². The van der Waals surface area contributed by atoms with Crippen molar-refractivity contribution in [1.29, 1.82) is 0 Å². The van der Waals surface area contributed by atoms with Crippen LogP contribution in [0.3, 0.4) is 0 Å². The molecular formula is C12H18N2O3. The highest BCUT2D eigenvalue weighted by Crippen LogP contribution is 2.32. The lowest BCUT2D eigenvalue weighted by molar-refractivity contribution is -0.145. The molecule has 1 heterocycles. The maximum Gasteiger partial charge on any atom is 0.318 e. The second-order valence-electron chi connectivity index (χ2n) is 4.41. The van der Waals surface area contributed by atoms with Crippen molar-refractivity contribution in [3.8, 4) is 0 Å². The maximum atomic E-state index is 11.7. The number of esters is 1. The van der Waals surface area contributed by atoms with E-state index in [0.29, 0.717) is 30.7 Å². The van der Waals surface area contributed by atoms with E-state index >= 15 is 0 Å². The van der Waals surface area contributed by atoms with Crippen LogP contribution in [-0.4, -0.2) is 22.7 Å². The van der Waals surface area contributed by atoms with E-state index in [1.54, 1.807) is 6.92 Å². The van der Waals surface area contributed by atoms with Crippen LogP contribution in [0.15, 0.2) is 4.52 Å². The Morgan fingerprint density at radius 1 is 1.53 bits per heavy atom. The molecule has 1 saturated carbocycles. The molecule has 0 bridgehead atoms. The van der Waals surface area contributed by atoms with E-state index in [0.717, 1.165) is 6.42 Å². The van der Waals surface area contributed by atoms with Crippen LogP contribution in [-0.2, 0) is 16.0 Å². The number of hydrogen-bond donors (Lipinski definition) is 0. The summed E-state index contributed by atoms with van der Waals surface area (Å²) in [7, 11) is 0. The Labute approximate surface area is 101 Å². The second-order valence-corrected chi connectivity index (χ2v) is 4.41. The third-order valence-electron chi connectivity index (χ3n) is 2.93. The molecule has 94 valence electrons. The van der Waals surface area contributed by atoms with E-state index in [1.807, 2.05) is 6.92 Å². The predicted molar refractivity (Wildman–Crippen MR) is 60.4 cm³/mol. The Morgan fingerprint density at radius 2 is 2.29 bits per heavy atom. The summed E-state index contributed by atoms with van der Waals surface area (Å²) >= 11 is 0. The Balaban J connectivity index is 2.02. The van der Waals surface area contributed by atoms with E-state index in [-0.39, 0.29) is 5.97 Å². The summed E-state index contributed by atoms with van der Waals surface area (Å²) in [4.78, 5) is 16.0. The summed E-state index contributed by atoms with van der Waals surface area (Å²) in [5.74, 6) is 1.11. The average molecular weight is 238 g/mol. The molecule has 0 amide bonds.